The molecule has 4 rings (SSSR count). The van der Waals surface area contributed by atoms with Crippen molar-refractivity contribution in [3.05, 3.63) is 59.2 Å². The monoisotopic (exact) mass is 435 g/mol. The molecular weight excluding hydrogens is 406 g/mol. The molecule has 0 radical (unpaired) electrons. The predicted molar refractivity (Wildman–Crippen MR) is 122 cm³/mol. The first-order chi connectivity index (χ1) is 15.4. The summed E-state index contributed by atoms with van der Waals surface area (Å²) in [5.74, 6) is 1.43. The zero-order valence-corrected chi connectivity index (χ0v) is 18.3. The third-order valence-electron chi connectivity index (χ3n) is 6.05. The molecule has 8 nitrogen and oxygen atoms in total. The second kappa shape index (κ2) is 9.30. The van der Waals surface area contributed by atoms with E-state index in [0.717, 1.165) is 50.2 Å². The Morgan fingerprint density at radius 3 is 2.31 bits per heavy atom. The average molecular weight is 436 g/mol. The van der Waals surface area contributed by atoms with Gasteiger partial charge in [0, 0.05) is 39.0 Å². The van der Waals surface area contributed by atoms with Crippen LogP contribution in [0.4, 0.5) is 0 Å². The molecule has 0 aliphatic carbocycles. The fourth-order valence-corrected chi connectivity index (χ4v) is 4.14. The van der Waals surface area contributed by atoms with E-state index in [1.807, 2.05) is 19.1 Å². The normalized spacial score (nSPS) is 16.3. The lowest BCUT2D eigenvalue weighted by Gasteiger charge is -2.32. The van der Waals surface area contributed by atoms with Gasteiger partial charge in [-0.05, 0) is 60.9 Å². The molecular formula is C24H29N5O3. The van der Waals surface area contributed by atoms with Gasteiger partial charge in [0.15, 0.2) is 5.96 Å². The Bertz CT molecular complexity index is 1010. The average Bonchev–Trinajstić information content (AvgIpc) is 2.79. The van der Waals surface area contributed by atoms with Gasteiger partial charge >= 0.3 is 5.97 Å². The lowest BCUT2D eigenvalue weighted by molar-refractivity contribution is 0.0734. The maximum atomic E-state index is 12.6. The smallest absolute Gasteiger partial charge is 0.343 e. The molecule has 0 saturated carbocycles. The van der Waals surface area contributed by atoms with Gasteiger partial charge in [0.1, 0.15) is 17.6 Å². The standard InChI is InChI=1S/C24H29N5O3/c1-16(25)28-12-9-21(10-13-28)31-20-5-3-18(4-6-20)23(30)32-22-7-2-17-8-11-29(24(26)27)15-19(17)14-22/h2-7,14,21,25H,8-13,15H2,1H3,(H3,26,27). The summed E-state index contributed by atoms with van der Waals surface area (Å²) in [5.41, 5.74) is 8.27. The molecule has 2 aliphatic heterocycles. The van der Waals surface area contributed by atoms with E-state index in [2.05, 4.69) is 4.90 Å². The van der Waals surface area contributed by atoms with Crippen LogP contribution >= 0.6 is 0 Å². The fraction of sp³-hybridized carbons (Fsp3) is 0.375. The Hall–Kier alpha value is -3.55. The maximum absolute atomic E-state index is 12.6. The van der Waals surface area contributed by atoms with Gasteiger partial charge in [-0.2, -0.15) is 0 Å². The van der Waals surface area contributed by atoms with E-state index in [1.54, 1.807) is 35.2 Å². The molecule has 4 N–H and O–H groups in total. The molecule has 32 heavy (non-hydrogen) atoms. The zero-order chi connectivity index (χ0) is 22.7. The van der Waals surface area contributed by atoms with Crippen LogP contribution in [0.2, 0.25) is 0 Å². The van der Waals surface area contributed by atoms with Crippen molar-refractivity contribution in [3.63, 3.8) is 0 Å². The quantitative estimate of drug-likeness (QED) is 0.294. The van der Waals surface area contributed by atoms with Gasteiger partial charge in [0.25, 0.3) is 0 Å². The summed E-state index contributed by atoms with van der Waals surface area (Å²) >= 11 is 0. The SMILES string of the molecule is CC(=N)N1CCC(Oc2ccc(C(=O)Oc3ccc4c(c3)CN(C(=N)N)CC4)cc2)CC1. The van der Waals surface area contributed by atoms with Gasteiger partial charge in [-0.15, -0.1) is 0 Å². The Morgan fingerprint density at radius 2 is 1.66 bits per heavy atom. The number of benzene rings is 2. The Morgan fingerprint density at radius 1 is 0.969 bits per heavy atom. The molecule has 0 bridgehead atoms. The number of hydrogen-bond acceptors (Lipinski definition) is 5. The minimum Gasteiger partial charge on any atom is -0.490 e. The van der Waals surface area contributed by atoms with Gasteiger partial charge in [0.2, 0.25) is 0 Å². The number of nitrogens with one attached hydrogen (secondary N) is 2. The molecule has 0 unspecified atom stereocenters. The van der Waals surface area contributed by atoms with Gasteiger partial charge < -0.3 is 25.0 Å². The van der Waals surface area contributed by atoms with Gasteiger partial charge in [-0.1, -0.05) is 6.07 Å². The summed E-state index contributed by atoms with van der Waals surface area (Å²) < 4.78 is 11.6. The second-order valence-corrected chi connectivity index (χ2v) is 8.29. The number of carbonyl (C=O) groups excluding carboxylic acids is 1. The number of amidine groups is 1. The molecule has 0 spiro atoms. The van der Waals surface area contributed by atoms with Crippen molar-refractivity contribution < 1.29 is 14.3 Å². The van der Waals surface area contributed by atoms with Crippen LogP contribution in [0.5, 0.6) is 11.5 Å². The summed E-state index contributed by atoms with van der Waals surface area (Å²) in [5, 5.41) is 15.3. The highest BCUT2D eigenvalue weighted by molar-refractivity contribution is 5.91. The van der Waals surface area contributed by atoms with Crippen LogP contribution in [-0.2, 0) is 13.0 Å². The van der Waals surface area contributed by atoms with Crippen molar-refractivity contribution in [2.75, 3.05) is 19.6 Å². The number of guanidine groups is 1. The highest BCUT2D eigenvalue weighted by Crippen LogP contribution is 2.25. The van der Waals surface area contributed by atoms with Crippen LogP contribution in [-0.4, -0.2) is 53.3 Å². The lowest BCUT2D eigenvalue weighted by Crippen LogP contribution is -2.40. The van der Waals surface area contributed by atoms with E-state index in [1.165, 1.54) is 5.56 Å². The number of rotatable bonds is 4. The Kier molecular flexibility index (Phi) is 6.30. The van der Waals surface area contributed by atoms with Crippen molar-refractivity contribution in [3.8, 4) is 11.5 Å². The number of fused-ring (bicyclic) bond motifs is 1. The summed E-state index contributed by atoms with van der Waals surface area (Å²) in [6.07, 6.45) is 2.68. The van der Waals surface area contributed by atoms with Gasteiger partial charge in [-0.25, -0.2) is 4.79 Å². The van der Waals surface area contributed by atoms with Crippen LogP contribution in [0.3, 0.4) is 0 Å². The molecule has 0 atom stereocenters. The molecule has 8 heteroatoms. The highest BCUT2D eigenvalue weighted by atomic mass is 16.5. The zero-order valence-electron chi connectivity index (χ0n) is 18.3. The maximum Gasteiger partial charge on any atom is 0.343 e. The predicted octanol–water partition coefficient (Wildman–Crippen LogP) is 3.00. The van der Waals surface area contributed by atoms with Crippen molar-refractivity contribution in [1.82, 2.24) is 9.80 Å². The molecule has 1 fully saturated rings. The Labute approximate surface area is 187 Å². The molecule has 1 saturated heterocycles. The van der Waals surface area contributed by atoms with Crippen molar-refractivity contribution >= 4 is 17.8 Å². The number of nitrogens with two attached hydrogens (primary N) is 1. The first-order valence-corrected chi connectivity index (χ1v) is 10.9. The minimum absolute atomic E-state index is 0.0516. The van der Waals surface area contributed by atoms with Crippen LogP contribution < -0.4 is 15.2 Å². The summed E-state index contributed by atoms with van der Waals surface area (Å²) in [7, 11) is 0. The number of nitrogens with zero attached hydrogens (tertiary/aromatic N) is 2. The largest absolute Gasteiger partial charge is 0.490 e. The summed E-state index contributed by atoms with van der Waals surface area (Å²) in [6, 6.07) is 12.6. The fourth-order valence-electron chi connectivity index (χ4n) is 4.14. The molecule has 0 aromatic heterocycles. The lowest BCUT2D eigenvalue weighted by atomic mass is 10.00. The summed E-state index contributed by atoms with van der Waals surface area (Å²) in [4.78, 5) is 16.5. The van der Waals surface area contributed by atoms with E-state index >= 15 is 0 Å². The Balaban J connectivity index is 1.34. The van der Waals surface area contributed by atoms with Crippen molar-refractivity contribution in [2.45, 2.75) is 38.8 Å². The number of esters is 1. The number of hydrogen-bond donors (Lipinski definition) is 3. The van der Waals surface area contributed by atoms with E-state index in [9.17, 15) is 4.79 Å². The molecule has 0 amide bonds. The van der Waals surface area contributed by atoms with E-state index in [-0.39, 0.29) is 12.1 Å². The van der Waals surface area contributed by atoms with Crippen LogP contribution in [0, 0.1) is 10.8 Å². The van der Waals surface area contributed by atoms with E-state index < -0.39 is 5.97 Å². The number of piperidine rings is 1. The molecule has 2 aliphatic rings. The van der Waals surface area contributed by atoms with E-state index in [0.29, 0.717) is 23.7 Å². The summed E-state index contributed by atoms with van der Waals surface area (Å²) in [6.45, 7) is 4.73. The third-order valence-corrected chi connectivity index (χ3v) is 6.05. The third kappa shape index (κ3) is 5.01. The van der Waals surface area contributed by atoms with Gasteiger partial charge in [0.05, 0.1) is 11.4 Å². The molecule has 2 heterocycles. The highest BCUT2D eigenvalue weighted by Gasteiger charge is 2.21. The van der Waals surface area contributed by atoms with E-state index in [4.69, 9.17) is 26.0 Å². The number of ether oxygens (including phenoxy) is 2. The number of carbonyl (C=O) groups is 1. The van der Waals surface area contributed by atoms with Crippen molar-refractivity contribution in [1.29, 1.82) is 10.8 Å². The van der Waals surface area contributed by atoms with Gasteiger partial charge in [-0.3, -0.25) is 10.8 Å². The van der Waals surface area contributed by atoms with Crippen LogP contribution in [0.15, 0.2) is 42.5 Å². The molecule has 2 aromatic rings. The van der Waals surface area contributed by atoms with Crippen molar-refractivity contribution in [2.24, 2.45) is 5.73 Å². The molecule has 2 aromatic carbocycles. The second-order valence-electron chi connectivity index (χ2n) is 8.29. The molecule has 168 valence electrons. The van der Waals surface area contributed by atoms with Crippen LogP contribution in [0.25, 0.3) is 0 Å². The first-order valence-electron chi connectivity index (χ1n) is 10.9. The minimum atomic E-state index is -0.425. The topological polar surface area (TPSA) is 116 Å². The number of likely N-dealkylation sites (tertiary alicyclic amines) is 1. The van der Waals surface area contributed by atoms with Crippen LogP contribution in [0.1, 0.15) is 41.3 Å². The first kappa shape index (κ1) is 21.7.